The summed E-state index contributed by atoms with van der Waals surface area (Å²) >= 11 is 0.681. The van der Waals surface area contributed by atoms with E-state index in [2.05, 4.69) is 5.32 Å². The maximum atomic E-state index is 12.8. The Labute approximate surface area is 227 Å². The molecule has 1 saturated heterocycles. The number of thioether (sulfide) groups is 1. The number of carbonyl (C=O) groups excluding carboxylic acids is 3. The minimum Gasteiger partial charge on any atom is -0.379 e. The van der Waals surface area contributed by atoms with Gasteiger partial charge in [-0.1, -0.05) is 36.4 Å². The van der Waals surface area contributed by atoms with Crippen LogP contribution in [0.3, 0.4) is 0 Å². The zero-order chi connectivity index (χ0) is 28.3. The van der Waals surface area contributed by atoms with Crippen molar-refractivity contribution in [3.8, 4) is 5.75 Å². The quantitative estimate of drug-likeness (QED) is 0.177. The number of nitrogens with one attached hydrogen (secondary N) is 1. The third-order valence-corrected chi connectivity index (χ3v) is 7.79. The molecule has 0 aliphatic carbocycles. The molecule has 39 heavy (non-hydrogen) atoms. The van der Waals surface area contributed by atoms with Crippen molar-refractivity contribution in [2.75, 3.05) is 11.9 Å². The lowest BCUT2D eigenvalue weighted by Crippen LogP contribution is -2.36. The molecule has 0 radical (unpaired) electrons. The Morgan fingerprint density at radius 2 is 1.74 bits per heavy atom. The highest BCUT2D eigenvalue weighted by molar-refractivity contribution is 8.18. The largest absolute Gasteiger partial charge is 0.379 e. The van der Waals surface area contributed by atoms with Gasteiger partial charge in [0, 0.05) is 17.3 Å². The van der Waals surface area contributed by atoms with Gasteiger partial charge in [0.05, 0.1) is 9.83 Å². The zero-order valence-corrected chi connectivity index (χ0v) is 22.2. The van der Waals surface area contributed by atoms with E-state index >= 15 is 0 Å². The van der Waals surface area contributed by atoms with E-state index in [0.29, 0.717) is 28.6 Å². The number of carbonyl (C=O) groups is 3. The molecule has 0 aromatic heterocycles. The molecule has 3 aromatic carbocycles. The molecule has 1 fully saturated rings. The number of nitro groups is 1. The number of anilines is 1. The van der Waals surface area contributed by atoms with Gasteiger partial charge >= 0.3 is 10.1 Å². The van der Waals surface area contributed by atoms with E-state index in [1.54, 1.807) is 12.1 Å². The molecule has 0 saturated carbocycles. The van der Waals surface area contributed by atoms with Gasteiger partial charge < -0.3 is 9.50 Å². The van der Waals surface area contributed by atoms with Crippen molar-refractivity contribution in [2.24, 2.45) is 0 Å². The summed E-state index contributed by atoms with van der Waals surface area (Å²) in [5.41, 5.74) is 1.84. The van der Waals surface area contributed by atoms with Gasteiger partial charge in [-0.3, -0.25) is 29.4 Å². The fraction of sp³-hybridized carbons (Fsp3) is 0.115. The molecule has 0 spiro atoms. The first kappa shape index (κ1) is 27.5. The summed E-state index contributed by atoms with van der Waals surface area (Å²) in [6.45, 7) is 2.86. The van der Waals surface area contributed by atoms with Crippen LogP contribution in [0.5, 0.6) is 5.75 Å². The number of amides is 3. The Morgan fingerprint density at radius 1 is 1.05 bits per heavy atom. The molecule has 1 aliphatic rings. The number of rotatable bonds is 8. The van der Waals surface area contributed by atoms with Gasteiger partial charge in [0.15, 0.2) is 0 Å². The second-order valence-electron chi connectivity index (χ2n) is 8.44. The number of hydrogen-bond donors (Lipinski definition) is 1. The van der Waals surface area contributed by atoms with Crippen molar-refractivity contribution in [3.63, 3.8) is 0 Å². The second kappa shape index (κ2) is 11.1. The lowest BCUT2D eigenvalue weighted by atomic mass is 10.2. The summed E-state index contributed by atoms with van der Waals surface area (Å²) in [4.78, 5) is 48.6. The molecule has 0 atom stereocenters. The number of benzene rings is 3. The maximum absolute atomic E-state index is 12.8. The summed E-state index contributed by atoms with van der Waals surface area (Å²) in [5.74, 6) is -1.21. The SMILES string of the molecule is Cc1ccccc1NC(=O)CN1C(=O)S/C(=C\c2ccc(OS(=O)(=O)c3ccc(C)c([N+](=O)[O-])c3)cc2)C1=O. The summed E-state index contributed by atoms with van der Waals surface area (Å²) in [5, 5.41) is 13.2. The Balaban J connectivity index is 1.43. The third-order valence-electron chi connectivity index (χ3n) is 5.64. The van der Waals surface area contributed by atoms with E-state index in [1.807, 2.05) is 19.1 Å². The van der Waals surface area contributed by atoms with Gasteiger partial charge in [0.1, 0.15) is 17.2 Å². The maximum Gasteiger partial charge on any atom is 0.339 e. The van der Waals surface area contributed by atoms with Crippen molar-refractivity contribution in [1.82, 2.24) is 4.90 Å². The highest BCUT2D eigenvalue weighted by Crippen LogP contribution is 2.33. The molecule has 1 aliphatic heterocycles. The van der Waals surface area contributed by atoms with Gasteiger partial charge in [-0.15, -0.1) is 0 Å². The van der Waals surface area contributed by atoms with Crippen LogP contribution in [0.15, 0.2) is 76.5 Å². The van der Waals surface area contributed by atoms with Crippen LogP contribution in [0.1, 0.15) is 16.7 Å². The van der Waals surface area contributed by atoms with Crippen molar-refractivity contribution in [3.05, 3.63) is 98.4 Å². The first-order valence-corrected chi connectivity index (χ1v) is 13.6. The number of imide groups is 1. The van der Waals surface area contributed by atoms with Gasteiger partial charge in [0.2, 0.25) is 5.91 Å². The number of para-hydroxylation sites is 1. The van der Waals surface area contributed by atoms with E-state index in [1.165, 1.54) is 49.4 Å². The summed E-state index contributed by atoms with van der Waals surface area (Å²) < 4.78 is 30.3. The number of nitrogens with zero attached hydrogens (tertiary/aromatic N) is 2. The number of hydrogen-bond acceptors (Lipinski definition) is 9. The van der Waals surface area contributed by atoms with E-state index in [-0.39, 0.29) is 21.2 Å². The topological polar surface area (TPSA) is 153 Å². The van der Waals surface area contributed by atoms with Crippen LogP contribution < -0.4 is 9.50 Å². The third kappa shape index (κ3) is 6.33. The molecule has 11 nitrogen and oxygen atoms in total. The summed E-state index contributed by atoms with van der Waals surface area (Å²) in [6.07, 6.45) is 1.44. The molecule has 4 rings (SSSR count). The predicted molar refractivity (Wildman–Crippen MR) is 145 cm³/mol. The zero-order valence-electron chi connectivity index (χ0n) is 20.6. The average molecular weight is 568 g/mol. The fourth-order valence-corrected chi connectivity index (χ4v) is 5.36. The predicted octanol–water partition coefficient (Wildman–Crippen LogP) is 4.65. The van der Waals surface area contributed by atoms with E-state index in [9.17, 15) is 32.9 Å². The molecule has 0 bridgehead atoms. The average Bonchev–Trinajstić information content (AvgIpc) is 3.13. The number of aryl methyl sites for hydroxylation is 2. The molecule has 13 heteroatoms. The van der Waals surface area contributed by atoms with Gasteiger partial charge in [0.25, 0.3) is 16.8 Å². The standard InChI is InChI=1S/C26H21N3O8S2/c1-16-5-3-4-6-21(16)27-24(30)15-28-25(31)23(38-26(28)32)13-18-8-10-19(11-9-18)37-39(35,36)20-12-7-17(2)22(14-20)29(33)34/h3-14H,15H2,1-2H3,(H,27,30)/b23-13-. The Morgan fingerprint density at radius 3 is 2.41 bits per heavy atom. The molecule has 0 unspecified atom stereocenters. The summed E-state index contributed by atoms with van der Waals surface area (Å²) in [6, 6.07) is 16.2. The van der Waals surface area contributed by atoms with E-state index in [0.717, 1.165) is 16.5 Å². The van der Waals surface area contributed by atoms with Crippen molar-refractivity contribution < 1.29 is 31.9 Å². The summed E-state index contributed by atoms with van der Waals surface area (Å²) in [7, 11) is -4.35. The minimum atomic E-state index is -4.35. The highest BCUT2D eigenvalue weighted by Gasteiger charge is 2.36. The smallest absolute Gasteiger partial charge is 0.339 e. The molecule has 3 aromatic rings. The molecule has 1 N–H and O–H groups in total. The van der Waals surface area contributed by atoms with E-state index < -0.39 is 38.6 Å². The van der Waals surface area contributed by atoms with Crippen LogP contribution in [0.25, 0.3) is 6.08 Å². The molecule has 1 heterocycles. The minimum absolute atomic E-state index is 0.0589. The Kier molecular flexibility index (Phi) is 7.83. The second-order valence-corrected chi connectivity index (χ2v) is 11.0. The van der Waals surface area contributed by atoms with Gasteiger partial charge in [-0.25, -0.2) is 0 Å². The van der Waals surface area contributed by atoms with Crippen LogP contribution in [0.4, 0.5) is 16.2 Å². The highest BCUT2D eigenvalue weighted by atomic mass is 32.2. The molecular formula is C26H21N3O8S2. The van der Waals surface area contributed by atoms with E-state index in [4.69, 9.17) is 4.18 Å². The van der Waals surface area contributed by atoms with Gasteiger partial charge in [-0.2, -0.15) is 8.42 Å². The van der Waals surface area contributed by atoms with Crippen LogP contribution in [0, 0.1) is 24.0 Å². The van der Waals surface area contributed by atoms with Crippen molar-refractivity contribution >= 4 is 56.4 Å². The van der Waals surface area contributed by atoms with Crippen LogP contribution >= 0.6 is 11.8 Å². The molecular weight excluding hydrogens is 546 g/mol. The Bertz CT molecular complexity index is 1630. The van der Waals surface area contributed by atoms with Crippen molar-refractivity contribution in [2.45, 2.75) is 18.7 Å². The van der Waals surface area contributed by atoms with Crippen LogP contribution in [0.2, 0.25) is 0 Å². The van der Waals surface area contributed by atoms with Crippen LogP contribution in [-0.2, 0) is 19.7 Å². The molecule has 200 valence electrons. The van der Waals surface area contributed by atoms with Crippen molar-refractivity contribution in [1.29, 1.82) is 0 Å². The lowest BCUT2D eigenvalue weighted by Gasteiger charge is -2.13. The first-order chi connectivity index (χ1) is 18.4. The normalized spacial score (nSPS) is 14.5. The molecule has 3 amide bonds. The Hall–Kier alpha value is -4.49. The van der Waals surface area contributed by atoms with Crippen LogP contribution in [-0.4, -0.2) is 41.8 Å². The lowest BCUT2D eigenvalue weighted by molar-refractivity contribution is -0.385. The van der Waals surface area contributed by atoms with Gasteiger partial charge in [-0.05, 0) is 67.1 Å². The fourth-order valence-electron chi connectivity index (χ4n) is 3.57. The first-order valence-electron chi connectivity index (χ1n) is 11.3. The monoisotopic (exact) mass is 567 g/mol. The number of nitro benzene ring substituents is 1.